The molecule has 2 N–H and O–H groups in total. The highest BCUT2D eigenvalue weighted by Gasteiger charge is 2.10. The molecule has 6 heteroatoms. The third-order valence-electron chi connectivity index (χ3n) is 3.89. The molecule has 0 atom stereocenters. The molecule has 0 saturated heterocycles. The lowest BCUT2D eigenvalue weighted by Crippen LogP contribution is -2.29. The van der Waals surface area contributed by atoms with E-state index in [1.807, 2.05) is 24.3 Å². The van der Waals surface area contributed by atoms with Crippen molar-refractivity contribution in [2.75, 3.05) is 0 Å². The fraction of sp³-hybridized carbons (Fsp3) is 0. The van der Waals surface area contributed by atoms with Gasteiger partial charge in [-0.1, -0.05) is 84.2 Å². The summed E-state index contributed by atoms with van der Waals surface area (Å²) in [4.78, 5) is 0. The summed E-state index contributed by atoms with van der Waals surface area (Å²) in [5.41, 5.74) is 0.514. The third kappa shape index (κ3) is 4.96. The largest absolute Gasteiger partial charge is 0.488 e. The van der Waals surface area contributed by atoms with E-state index >= 15 is 0 Å². The standard InChI is InChI=1S/C10H8BBrO2.C10H6Br2/c12-10-4-2-7-5-9(11(13)14)3-1-8(7)6-10;11-9-3-1-7-5-10(12)4-2-8(7)6-9/h1-6,13-14H;1-6H. The van der Waals surface area contributed by atoms with Crippen molar-refractivity contribution in [2.45, 2.75) is 0 Å². The minimum Gasteiger partial charge on any atom is -0.423 e. The number of benzene rings is 4. The second-order valence-corrected chi connectivity index (χ2v) is 8.51. The van der Waals surface area contributed by atoms with Crippen molar-refractivity contribution >= 4 is 81.9 Å². The Morgan fingerprint density at radius 1 is 0.500 bits per heavy atom. The van der Waals surface area contributed by atoms with Crippen molar-refractivity contribution in [3.8, 4) is 0 Å². The fourth-order valence-electron chi connectivity index (χ4n) is 2.58. The molecule has 4 aromatic rings. The quantitative estimate of drug-likeness (QED) is 0.309. The summed E-state index contributed by atoms with van der Waals surface area (Å²) in [6, 6.07) is 23.7. The van der Waals surface area contributed by atoms with Gasteiger partial charge in [-0.3, -0.25) is 0 Å². The molecule has 0 heterocycles. The van der Waals surface area contributed by atoms with Crippen molar-refractivity contribution < 1.29 is 10.0 Å². The van der Waals surface area contributed by atoms with Crippen LogP contribution in [0.25, 0.3) is 21.5 Å². The Bertz CT molecular complexity index is 1030. The third-order valence-corrected chi connectivity index (χ3v) is 5.37. The zero-order chi connectivity index (χ0) is 18.7. The molecule has 0 spiro atoms. The SMILES string of the molecule is Brc1ccc2cc(Br)ccc2c1.OB(O)c1ccc2cc(Br)ccc2c1. The maximum atomic E-state index is 8.98. The van der Waals surface area contributed by atoms with Crippen molar-refractivity contribution in [3.05, 3.63) is 86.2 Å². The Morgan fingerprint density at radius 2 is 0.846 bits per heavy atom. The van der Waals surface area contributed by atoms with Crippen molar-refractivity contribution in [2.24, 2.45) is 0 Å². The first-order valence-electron chi connectivity index (χ1n) is 7.82. The van der Waals surface area contributed by atoms with Gasteiger partial charge in [-0.05, 0) is 63.4 Å². The monoisotopic (exact) mass is 534 g/mol. The van der Waals surface area contributed by atoms with Gasteiger partial charge >= 0.3 is 7.12 Å². The topological polar surface area (TPSA) is 40.5 Å². The van der Waals surface area contributed by atoms with E-state index in [1.165, 1.54) is 10.8 Å². The summed E-state index contributed by atoms with van der Waals surface area (Å²) in [7, 11) is -1.40. The minimum absolute atomic E-state index is 0.514. The lowest BCUT2D eigenvalue weighted by Gasteiger charge is -2.02. The van der Waals surface area contributed by atoms with Crippen molar-refractivity contribution in [1.29, 1.82) is 0 Å². The number of hydrogen-bond donors (Lipinski definition) is 2. The number of hydrogen-bond acceptors (Lipinski definition) is 2. The Kier molecular flexibility index (Phi) is 6.53. The summed E-state index contributed by atoms with van der Waals surface area (Å²) in [6.07, 6.45) is 0. The summed E-state index contributed by atoms with van der Waals surface area (Å²) >= 11 is 10.3. The predicted octanol–water partition coefficient (Wildman–Crippen LogP) is 5.65. The van der Waals surface area contributed by atoms with Crippen LogP contribution in [0.1, 0.15) is 0 Å². The number of halogens is 3. The highest BCUT2D eigenvalue weighted by atomic mass is 79.9. The number of rotatable bonds is 1. The van der Waals surface area contributed by atoms with Crippen LogP contribution in [0.15, 0.2) is 86.2 Å². The molecule has 26 heavy (non-hydrogen) atoms. The average Bonchev–Trinajstić information content (AvgIpc) is 2.62. The van der Waals surface area contributed by atoms with Gasteiger partial charge in [0.05, 0.1) is 0 Å². The maximum absolute atomic E-state index is 8.98. The summed E-state index contributed by atoms with van der Waals surface area (Å²) in [5, 5.41) is 22.6. The van der Waals surface area contributed by atoms with E-state index < -0.39 is 7.12 Å². The molecule has 0 aliphatic heterocycles. The minimum atomic E-state index is -1.40. The van der Waals surface area contributed by atoms with Crippen LogP contribution in [0.2, 0.25) is 0 Å². The molecule has 0 aromatic heterocycles. The molecule has 0 aliphatic carbocycles. The lowest BCUT2D eigenvalue weighted by molar-refractivity contribution is 0.426. The van der Waals surface area contributed by atoms with Gasteiger partial charge in [0.2, 0.25) is 0 Å². The van der Waals surface area contributed by atoms with Crippen molar-refractivity contribution in [1.82, 2.24) is 0 Å². The van der Waals surface area contributed by atoms with E-state index in [4.69, 9.17) is 10.0 Å². The van der Waals surface area contributed by atoms with Crippen LogP contribution >= 0.6 is 47.8 Å². The van der Waals surface area contributed by atoms with Crippen molar-refractivity contribution in [3.63, 3.8) is 0 Å². The van der Waals surface area contributed by atoms with Crippen LogP contribution in [0.5, 0.6) is 0 Å². The van der Waals surface area contributed by atoms with E-state index in [2.05, 4.69) is 84.2 Å². The van der Waals surface area contributed by atoms with Gasteiger partial charge in [-0.15, -0.1) is 0 Å². The molecular weight excluding hydrogens is 523 g/mol. The van der Waals surface area contributed by atoms with Crippen LogP contribution in [0.4, 0.5) is 0 Å². The van der Waals surface area contributed by atoms with Crippen LogP contribution in [-0.4, -0.2) is 17.2 Å². The normalized spacial score (nSPS) is 10.5. The van der Waals surface area contributed by atoms with Gasteiger partial charge in [0.25, 0.3) is 0 Å². The summed E-state index contributed by atoms with van der Waals surface area (Å²) in [5.74, 6) is 0. The Balaban J connectivity index is 0.000000152. The van der Waals surface area contributed by atoms with Gasteiger partial charge < -0.3 is 10.0 Å². The highest BCUT2D eigenvalue weighted by molar-refractivity contribution is 9.11. The van der Waals surface area contributed by atoms with Gasteiger partial charge in [0.15, 0.2) is 0 Å². The summed E-state index contributed by atoms with van der Waals surface area (Å²) < 4.78 is 3.26. The lowest BCUT2D eigenvalue weighted by atomic mass is 9.79. The molecule has 0 amide bonds. The van der Waals surface area contributed by atoms with E-state index in [0.29, 0.717) is 5.46 Å². The molecule has 0 aliphatic rings. The first-order chi connectivity index (χ1) is 12.4. The van der Waals surface area contributed by atoms with Gasteiger partial charge in [0.1, 0.15) is 0 Å². The molecule has 0 fully saturated rings. The second kappa shape index (κ2) is 8.68. The molecule has 0 bridgehead atoms. The molecule has 4 aromatic carbocycles. The number of fused-ring (bicyclic) bond motifs is 2. The molecule has 0 saturated carbocycles. The van der Waals surface area contributed by atoms with Gasteiger partial charge in [-0.2, -0.15) is 0 Å². The molecule has 0 unspecified atom stereocenters. The van der Waals surface area contributed by atoms with Crippen LogP contribution in [0.3, 0.4) is 0 Å². The Hall–Kier alpha value is -1.18. The highest BCUT2D eigenvalue weighted by Crippen LogP contribution is 2.23. The van der Waals surface area contributed by atoms with Gasteiger partial charge in [0, 0.05) is 13.4 Å². The first kappa shape index (κ1) is 19.6. The summed E-state index contributed by atoms with van der Waals surface area (Å²) in [6.45, 7) is 0. The molecule has 4 rings (SSSR count). The molecular formula is C20H14BBr3O2. The van der Waals surface area contributed by atoms with E-state index in [9.17, 15) is 0 Å². The fourth-order valence-corrected chi connectivity index (χ4v) is 3.72. The Labute approximate surface area is 177 Å². The molecule has 0 radical (unpaired) electrons. The maximum Gasteiger partial charge on any atom is 0.488 e. The van der Waals surface area contributed by atoms with Gasteiger partial charge in [-0.25, -0.2) is 0 Å². The first-order valence-corrected chi connectivity index (χ1v) is 10.2. The predicted molar refractivity (Wildman–Crippen MR) is 121 cm³/mol. The Morgan fingerprint density at radius 3 is 1.23 bits per heavy atom. The van der Waals surface area contributed by atoms with Crippen LogP contribution in [-0.2, 0) is 0 Å². The smallest absolute Gasteiger partial charge is 0.423 e. The van der Waals surface area contributed by atoms with E-state index in [0.717, 1.165) is 24.2 Å². The van der Waals surface area contributed by atoms with E-state index in [1.54, 1.807) is 12.1 Å². The average molecular weight is 537 g/mol. The van der Waals surface area contributed by atoms with Crippen LogP contribution in [0, 0.1) is 0 Å². The zero-order valence-electron chi connectivity index (χ0n) is 13.5. The second-order valence-electron chi connectivity index (χ2n) is 5.76. The molecule has 2 nitrogen and oxygen atoms in total. The zero-order valence-corrected chi connectivity index (χ0v) is 18.3. The van der Waals surface area contributed by atoms with E-state index in [-0.39, 0.29) is 0 Å². The molecule has 130 valence electrons. The van der Waals surface area contributed by atoms with Crippen LogP contribution < -0.4 is 5.46 Å².